The van der Waals surface area contributed by atoms with Gasteiger partial charge in [0.25, 0.3) is 0 Å². The Morgan fingerprint density at radius 2 is 2.07 bits per heavy atom. The number of hydrogen-bond donors (Lipinski definition) is 1. The number of carbonyl (C=O) groups excluding carboxylic acids is 1. The normalized spacial score (nSPS) is 16.8. The Morgan fingerprint density at radius 3 is 2.53 bits per heavy atom. The predicted octanol–water partition coefficient (Wildman–Crippen LogP) is 0.542. The average molecular weight is 235 g/mol. The topological polar surface area (TPSA) is 55.4 Å². The van der Waals surface area contributed by atoms with E-state index < -0.39 is 10.8 Å². The molecule has 0 aromatic carbocycles. The van der Waals surface area contributed by atoms with Gasteiger partial charge < -0.3 is 10.1 Å². The van der Waals surface area contributed by atoms with Gasteiger partial charge in [0, 0.05) is 35.4 Å². The lowest BCUT2D eigenvalue weighted by molar-refractivity contribution is -0.147. The summed E-state index contributed by atoms with van der Waals surface area (Å²) in [5.41, 5.74) is 0. The summed E-state index contributed by atoms with van der Waals surface area (Å²) < 4.78 is 15.8. The van der Waals surface area contributed by atoms with Crippen molar-refractivity contribution in [2.75, 3.05) is 25.2 Å². The van der Waals surface area contributed by atoms with Crippen molar-refractivity contribution in [3.05, 3.63) is 0 Å². The Kier molecular flexibility index (Phi) is 7.60. The summed E-state index contributed by atoms with van der Waals surface area (Å²) >= 11 is 0. The summed E-state index contributed by atoms with van der Waals surface area (Å²) in [5, 5.41) is 3.16. The largest absolute Gasteiger partial charge is 0.466 e. The molecule has 0 aliphatic carbocycles. The molecule has 3 unspecified atom stereocenters. The average Bonchev–Trinajstić information content (AvgIpc) is 2.13. The number of esters is 1. The van der Waals surface area contributed by atoms with Crippen molar-refractivity contribution in [3.8, 4) is 0 Å². The van der Waals surface area contributed by atoms with Crippen LogP contribution in [0.1, 0.15) is 20.8 Å². The van der Waals surface area contributed by atoms with Crippen LogP contribution < -0.4 is 5.32 Å². The van der Waals surface area contributed by atoms with E-state index in [1.165, 1.54) is 0 Å². The van der Waals surface area contributed by atoms with E-state index in [0.717, 1.165) is 0 Å². The molecule has 0 amide bonds. The minimum Gasteiger partial charge on any atom is -0.466 e. The van der Waals surface area contributed by atoms with Crippen molar-refractivity contribution in [2.45, 2.75) is 26.8 Å². The highest BCUT2D eigenvalue weighted by atomic mass is 32.2. The zero-order valence-corrected chi connectivity index (χ0v) is 10.7. The van der Waals surface area contributed by atoms with Gasteiger partial charge in [-0.05, 0) is 13.8 Å². The van der Waals surface area contributed by atoms with Crippen LogP contribution in [0, 0.1) is 5.92 Å². The van der Waals surface area contributed by atoms with Crippen LogP contribution in [0.5, 0.6) is 0 Å². The molecule has 0 fully saturated rings. The van der Waals surface area contributed by atoms with E-state index in [1.807, 2.05) is 13.8 Å². The summed E-state index contributed by atoms with van der Waals surface area (Å²) in [4.78, 5) is 11.3. The first kappa shape index (κ1) is 14.6. The summed E-state index contributed by atoms with van der Waals surface area (Å²) in [6, 6.07) is 0.160. The highest BCUT2D eigenvalue weighted by Gasteiger charge is 2.14. The van der Waals surface area contributed by atoms with Crippen LogP contribution in [0.4, 0.5) is 0 Å². The summed E-state index contributed by atoms with van der Waals surface area (Å²) in [6.45, 7) is 6.55. The third-order valence-corrected chi connectivity index (χ3v) is 2.92. The zero-order valence-electron chi connectivity index (χ0n) is 9.91. The van der Waals surface area contributed by atoms with E-state index in [2.05, 4.69) is 5.32 Å². The first-order valence-electron chi connectivity index (χ1n) is 5.17. The highest BCUT2D eigenvalue weighted by Crippen LogP contribution is 1.97. The predicted molar refractivity (Wildman–Crippen MR) is 62.2 cm³/mol. The van der Waals surface area contributed by atoms with Crippen LogP contribution in [0.2, 0.25) is 0 Å². The SMILES string of the molecule is CCOC(=O)C(C)CNC(C)CS(C)=O. The van der Waals surface area contributed by atoms with E-state index in [9.17, 15) is 9.00 Å². The van der Waals surface area contributed by atoms with E-state index in [-0.39, 0.29) is 17.9 Å². The molecule has 15 heavy (non-hydrogen) atoms. The van der Waals surface area contributed by atoms with Crippen LogP contribution in [-0.4, -0.2) is 41.4 Å². The third kappa shape index (κ3) is 7.50. The smallest absolute Gasteiger partial charge is 0.309 e. The molecule has 0 saturated heterocycles. The van der Waals surface area contributed by atoms with Gasteiger partial charge in [0.05, 0.1) is 12.5 Å². The number of nitrogens with one attached hydrogen (secondary N) is 1. The van der Waals surface area contributed by atoms with Crippen molar-refractivity contribution >= 4 is 16.8 Å². The molecule has 0 aliphatic heterocycles. The molecule has 0 aliphatic rings. The second-order valence-corrected chi connectivity index (χ2v) is 5.18. The van der Waals surface area contributed by atoms with Gasteiger partial charge in [0.2, 0.25) is 0 Å². The standard InChI is InChI=1S/C10H21NO3S/c1-5-14-10(12)8(2)6-11-9(3)7-15(4)13/h8-9,11H,5-7H2,1-4H3. The Bertz CT molecular complexity index is 221. The van der Waals surface area contributed by atoms with Gasteiger partial charge in [0.1, 0.15) is 0 Å². The summed E-state index contributed by atoms with van der Waals surface area (Å²) in [6.07, 6.45) is 1.67. The molecule has 1 N–H and O–H groups in total. The van der Waals surface area contributed by atoms with Crippen molar-refractivity contribution in [2.24, 2.45) is 5.92 Å². The number of ether oxygens (including phenoxy) is 1. The fraction of sp³-hybridized carbons (Fsp3) is 0.900. The number of hydrogen-bond acceptors (Lipinski definition) is 4. The van der Waals surface area contributed by atoms with Crippen molar-refractivity contribution in [1.29, 1.82) is 0 Å². The summed E-state index contributed by atoms with van der Waals surface area (Å²) in [7, 11) is -0.803. The lowest BCUT2D eigenvalue weighted by Crippen LogP contribution is -2.36. The van der Waals surface area contributed by atoms with Crippen LogP contribution >= 0.6 is 0 Å². The fourth-order valence-corrected chi connectivity index (χ4v) is 1.98. The number of carbonyl (C=O) groups is 1. The van der Waals surface area contributed by atoms with Crippen LogP contribution in [0.15, 0.2) is 0 Å². The molecule has 90 valence electrons. The van der Waals surface area contributed by atoms with Crippen molar-refractivity contribution < 1.29 is 13.7 Å². The zero-order chi connectivity index (χ0) is 11.8. The maximum atomic E-state index is 11.3. The van der Waals surface area contributed by atoms with E-state index in [0.29, 0.717) is 18.9 Å². The molecule has 0 rings (SSSR count). The van der Waals surface area contributed by atoms with Crippen LogP contribution in [0.3, 0.4) is 0 Å². The van der Waals surface area contributed by atoms with Gasteiger partial charge in [0.15, 0.2) is 0 Å². The molecule has 0 bridgehead atoms. The molecule has 4 nitrogen and oxygen atoms in total. The van der Waals surface area contributed by atoms with Gasteiger partial charge in [-0.1, -0.05) is 6.92 Å². The van der Waals surface area contributed by atoms with Gasteiger partial charge >= 0.3 is 5.97 Å². The van der Waals surface area contributed by atoms with E-state index in [1.54, 1.807) is 13.2 Å². The molecule has 0 spiro atoms. The maximum absolute atomic E-state index is 11.3. The van der Waals surface area contributed by atoms with E-state index in [4.69, 9.17) is 4.74 Å². The van der Waals surface area contributed by atoms with Gasteiger partial charge in [-0.2, -0.15) is 0 Å². The number of rotatable bonds is 7. The summed E-state index contributed by atoms with van der Waals surface area (Å²) in [5.74, 6) is 0.266. The van der Waals surface area contributed by atoms with Crippen LogP contribution in [0.25, 0.3) is 0 Å². The molecular weight excluding hydrogens is 214 g/mol. The van der Waals surface area contributed by atoms with Crippen LogP contribution in [-0.2, 0) is 20.3 Å². The van der Waals surface area contributed by atoms with Crippen molar-refractivity contribution in [1.82, 2.24) is 5.32 Å². The first-order valence-corrected chi connectivity index (χ1v) is 6.90. The first-order chi connectivity index (χ1) is 6.97. The highest BCUT2D eigenvalue weighted by molar-refractivity contribution is 7.84. The quantitative estimate of drug-likeness (QED) is 0.654. The molecular formula is C10H21NO3S. The molecule has 0 heterocycles. The Morgan fingerprint density at radius 1 is 1.47 bits per heavy atom. The molecule has 0 aromatic heterocycles. The fourth-order valence-electron chi connectivity index (χ4n) is 1.16. The Labute approximate surface area is 94.2 Å². The van der Waals surface area contributed by atoms with Gasteiger partial charge in [-0.3, -0.25) is 9.00 Å². The molecule has 0 saturated carbocycles. The molecule has 0 radical (unpaired) electrons. The third-order valence-electron chi connectivity index (χ3n) is 1.95. The molecule has 3 atom stereocenters. The van der Waals surface area contributed by atoms with Gasteiger partial charge in [-0.15, -0.1) is 0 Å². The molecule has 0 aromatic rings. The second kappa shape index (κ2) is 7.82. The lowest BCUT2D eigenvalue weighted by Gasteiger charge is -2.15. The second-order valence-electron chi connectivity index (χ2n) is 3.70. The Balaban J connectivity index is 3.74. The minimum absolute atomic E-state index is 0.155. The van der Waals surface area contributed by atoms with Crippen molar-refractivity contribution in [3.63, 3.8) is 0 Å². The Hall–Kier alpha value is -0.420. The maximum Gasteiger partial charge on any atom is 0.309 e. The lowest BCUT2D eigenvalue weighted by atomic mass is 10.2. The van der Waals surface area contributed by atoms with E-state index >= 15 is 0 Å². The molecule has 5 heteroatoms. The minimum atomic E-state index is -0.803. The monoisotopic (exact) mass is 235 g/mol. The van der Waals surface area contributed by atoms with Gasteiger partial charge in [-0.25, -0.2) is 0 Å².